The van der Waals surface area contributed by atoms with E-state index >= 15 is 0 Å². The van der Waals surface area contributed by atoms with Gasteiger partial charge in [0, 0.05) is 44.6 Å². The largest absolute Gasteiger partial charge is 0.356 e. The standard InChI is InChI=1S/C16H22N4/c1-13-5-3-7-15(18-13)20-9-4-6-14(12-20)11-16-17-8-10-19(16)2/h3,5,7-8,10,14H,4,6,9,11-12H2,1-2H3/t14-/m1/s1. The Bertz CT molecular complexity index is 575. The fraction of sp³-hybridized carbons (Fsp3) is 0.500. The average Bonchev–Trinajstić information content (AvgIpc) is 2.85. The van der Waals surface area contributed by atoms with Gasteiger partial charge in [0.25, 0.3) is 0 Å². The van der Waals surface area contributed by atoms with Gasteiger partial charge < -0.3 is 9.47 Å². The van der Waals surface area contributed by atoms with Crippen LogP contribution in [-0.2, 0) is 13.5 Å². The third kappa shape index (κ3) is 2.84. The van der Waals surface area contributed by atoms with Gasteiger partial charge in [0.05, 0.1) is 0 Å². The molecule has 0 aliphatic carbocycles. The van der Waals surface area contributed by atoms with Crippen molar-refractivity contribution < 1.29 is 0 Å². The van der Waals surface area contributed by atoms with Crippen LogP contribution in [0.25, 0.3) is 0 Å². The number of imidazole rings is 1. The summed E-state index contributed by atoms with van der Waals surface area (Å²) in [6, 6.07) is 6.27. The van der Waals surface area contributed by atoms with Crippen LogP contribution in [0, 0.1) is 12.8 Å². The maximum atomic E-state index is 4.65. The molecule has 0 amide bonds. The molecule has 20 heavy (non-hydrogen) atoms. The topological polar surface area (TPSA) is 34.0 Å². The van der Waals surface area contributed by atoms with Crippen molar-refractivity contribution in [3.8, 4) is 0 Å². The maximum Gasteiger partial charge on any atom is 0.128 e. The SMILES string of the molecule is Cc1cccc(N2CCC[C@H](Cc3nccn3C)C2)n1. The Hall–Kier alpha value is -1.84. The first-order valence-corrected chi connectivity index (χ1v) is 7.37. The minimum Gasteiger partial charge on any atom is -0.356 e. The maximum absolute atomic E-state index is 4.65. The fourth-order valence-corrected chi connectivity index (χ4v) is 3.00. The van der Waals surface area contributed by atoms with Crippen molar-refractivity contribution in [3.05, 3.63) is 42.1 Å². The Morgan fingerprint density at radius 1 is 1.35 bits per heavy atom. The summed E-state index contributed by atoms with van der Waals surface area (Å²) in [5.41, 5.74) is 1.09. The lowest BCUT2D eigenvalue weighted by molar-refractivity contribution is 0.401. The van der Waals surface area contributed by atoms with E-state index in [1.165, 1.54) is 18.7 Å². The zero-order chi connectivity index (χ0) is 13.9. The molecule has 4 heteroatoms. The van der Waals surface area contributed by atoms with Crippen LogP contribution < -0.4 is 4.90 Å². The van der Waals surface area contributed by atoms with Crippen molar-refractivity contribution in [1.29, 1.82) is 0 Å². The molecule has 4 nitrogen and oxygen atoms in total. The number of rotatable bonds is 3. The van der Waals surface area contributed by atoms with Crippen LogP contribution in [0.2, 0.25) is 0 Å². The van der Waals surface area contributed by atoms with E-state index in [1.807, 2.05) is 12.4 Å². The Labute approximate surface area is 120 Å². The van der Waals surface area contributed by atoms with Crippen molar-refractivity contribution in [2.45, 2.75) is 26.2 Å². The molecule has 3 rings (SSSR count). The fourth-order valence-electron chi connectivity index (χ4n) is 3.00. The lowest BCUT2D eigenvalue weighted by Crippen LogP contribution is -2.37. The summed E-state index contributed by atoms with van der Waals surface area (Å²) in [6.07, 6.45) is 7.50. The number of pyridine rings is 1. The number of aromatic nitrogens is 3. The number of piperidine rings is 1. The molecular weight excluding hydrogens is 248 g/mol. The summed E-state index contributed by atoms with van der Waals surface area (Å²) in [6.45, 7) is 4.26. The van der Waals surface area contributed by atoms with Gasteiger partial charge >= 0.3 is 0 Å². The van der Waals surface area contributed by atoms with Gasteiger partial charge in [0.15, 0.2) is 0 Å². The van der Waals surface area contributed by atoms with Gasteiger partial charge in [-0.2, -0.15) is 0 Å². The first-order valence-electron chi connectivity index (χ1n) is 7.37. The highest BCUT2D eigenvalue weighted by Gasteiger charge is 2.22. The van der Waals surface area contributed by atoms with Crippen molar-refractivity contribution in [2.24, 2.45) is 13.0 Å². The average molecular weight is 270 g/mol. The molecule has 1 aliphatic rings. The van der Waals surface area contributed by atoms with Crippen molar-refractivity contribution in [1.82, 2.24) is 14.5 Å². The van der Waals surface area contributed by atoms with Crippen molar-refractivity contribution in [2.75, 3.05) is 18.0 Å². The van der Waals surface area contributed by atoms with E-state index in [-0.39, 0.29) is 0 Å². The van der Waals surface area contributed by atoms with E-state index in [0.29, 0.717) is 5.92 Å². The predicted octanol–water partition coefficient (Wildman–Crippen LogP) is 2.58. The normalized spacial score (nSPS) is 19.3. The van der Waals surface area contributed by atoms with Crippen LogP contribution in [0.4, 0.5) is 5.82 Å². The van der Waals surface area contributed by atoms with Gasteiger partial charge in [0.1, 0.15) is 11.6 Å². The Morgan fingerprint density at radius 3 is 3.00 bits per heavy atom. The monoisotopic (exact) mass is 270 g/mol. The Balaban J connectivity index is 1.69. The highest BCUT2D eigenvalue weighted by Crippen LogP contribution is 2.24. The van der Waals surface area contributed by atoms with Crippen molar-refractivity contribution >= 4 is 5.82 Å². The summed E-state index contributed by atoms with van der Waals surface area (Å²) in [7, 11) is 2.07. The Morgan fingerprint density at radius 2 is 2.25 bits per heavy atom. The van der Waals surface area contributed by atoms with Gasteiger partial charge in [-0.3, -0.25) is 0 Å². The van der Waals surface area contributed by atoms with E-state index in [9.17, 15) is 0 Å². The minimum absolute atomic E-state index is 0.673. The summed E-state index contributed by atoms with van der Waals surface area (Å²) in [4.78, 5) is 11.5. The lowest BCUT2D eigenvalue weighted by atomic mass is 9.94. The summed E-state index contributed by atoms with van der Waals surface area (Å²) >= 11 is 0. The van der Waals surface area contributed by atoms with Gasteiger partial charge in [-0.1, -0.05) is 6.07 Å². The molecule has 0 N–H and O–H groups in total. The molecule has 1 atom stereocenters. The van der Waals surface area contributed by atoms with Crippen molar-refractivity contribution in [3.63, 3.8) is 0 Å². The van der Waals surface area contributed by atoms with Crippen LogP contribution in [0.15, 0.2) is 30.6 Å². The first kappa shape index (κ1) is 13.2. The van der Waals surface area contributed by atoms with Crippen LogP contribution in [-0.4, -0.2) is 27.6 Å². The second kappa shape index (κ2) is 5.65. The van der Waals surface area contributed by atoms with E-state index in [0.717, 1.165) is 31.0 Å². The number of nitrogens with zero attached hydrogens (tertiary/aromatic N) is 4. The molecule has 3 heterocycles. The third-order valence-electron chi connectivity index (χ3n) is 4.11. The second-order valence-corrected chi connectivity index (χ2v) is 5.75. The molecular formula is C16H22N4. The van der Waals surface area contributed by atoms with Gasteiger partial charge in [0.2, 0.25) is 0 Å². The minimum atomic E-state index is 0.673. The van der Waals surface area contributed by atoms with Crippen LogP contribution >= 0.6 is 0 Å². The van der Waals surface area contributed by atoms with E-state index in [1.54, 1.807) is 0 Å². The van der Waals surface area contributed by atoms with Crippen LogP contribution in [0.1, 0.15) is 24.4 Å². The predicted molar refractivity (Wildman–Crippen MR) is 80.8 cm³/mol. The van der Waals surface area contributed by atoms with E-state index in [2.05, 4.69) is 51.6 Å². The molecule has 0 bridgehead atoms. The van der Waals surface area contributed by atoms with Crippen LogP contribution in [0.3, 0.4) is 0 Å². The number of aryl methyl sites for hydroxylation is 2. The summed E-state index contributed by atoms with van der Waals surface area (Å²) < 4.78 is 2.13. The van der Waals surface area contributed by atoms with Gasteiger partial charge in [-0.05, 0) is 37.8 Å². The molecule has 0 radical (unpaired) electrons. The molecule has 0 aromatic carbocycles. The zero-order valence-electron chi connectivity index (χ0n) is 12.3. The van der Waals surface area contributed by atoms with E-state index in [4.69, 9.17) is 0 Å². The molecule has 1 aliphatic heterocycles. The van der Waals surface area contributed by atoms with Crippen LogP contribution in [0.5, 0.6) is 0 Å². The molecule has 0 spiro atoms. The van der Waals surface area contributed by atoms with Gasteiger partial charge in [-0.25, -0.2) is 9.97 Å². The molecule has 1 fully saturated rings. The van der Waals surface area contributed by atoms with E-state index < -0.39 is 0 Å². The first-order chi connectivity index (χ1) is 9.72. The quantitative estimate of drug-likeness (QED) is 0.859. The third-order valence-corrected chi connectivity index (χ3v) is 4.11. The molecule has 2 aromatic heterocycles. The molecule has 0 unspecified atom stereocenters. The molecule has 2 aromatic rings. The second-order valence-electron chi connectivity index (χ2n) is 5.75. The molecule has 1 saturated heterocycles. The summed E-state index contributed by atoms with van der Waals surface area (Å²) in [5.74, 6) is 2.98. The number of anilines is 1. The lowest BCUT2D eigenvalue weighted by Gasteiger charge is -2.33. The van der Waals surface area contributed by atoms with Gasteiger partial charge in [-0.15, -0.1) is 0 Å². The highest BCUT2D eigenvalue weighted by atomic mass is 15.2. The highest BCUT2D eigenvalue weighted by molar-refractivity contribution is 5.39. The number of hydrogen-bond donors (Lipinski definition) is 0. The molecule has 0 saturated carbocycles. The molecule has 106 valence electrons. The zero-order valence-corrected chi connectivity index (χ0v) is 12.3. The number of hydrogen-bond acceptors (Lipinski definition) is 3. The Kier molecular flexibility index (Phi) is 3.72. The summed E-state index contributed by atoms with van der Waals surface area (Å²) in [5, 5.41) is 0. The smallest absolute Gasteiger partial charge is 0.128 e.